The molecule has 5 rings (SSSR count). The van der Waals surface area contributed by atoms with Crippen LogP contribution in [0.2, 0.25) is 0 Å². The highest BCUT2D eigenvalue weighted by molar-refractivity contribution is 6.00. The zero-order valence-electron chi connectivity index (χ0n) is 14.0. The highest BCUT2D eigenvalue weighted by Crippen LogP contribution is 2.31. The van der Waals surface area contributed by atoms with E-state index < -0.39 is 0 Å². The number of benzene rings is 1. The monoisotopic (exact) mass is 337 g/mol. The molecule has 2 atom stereocenters. The number of nitrogens with zero attached hydrogens (tertiary/aromatic N) is 4. The maximum Gasteiger partial charge on any atom is 0.270 e. The van der Waals surface area contributed by atoms with E-state index in [1.165, 1.54) is 0 Å². The Balaban J connectivity index is 1.46. The van der Waals surface area contributed by atoms with E-state index in [4.69, 9.17) is 4.74 Å². The van der Waals surface area contributed by atoms with Crippen LogP contribution in [-0.2, 0) is 11.3 Å². The minimum absolute atomic E-state index is 0.0358. The summed E-state index contributed by atoms with van der Waals surface area (Å²) in [6.07, 6.45) is 2.65. The van der Waals surface area contributed by atoms with Gasteiger partial charge in [0.15, 0.2) is 0 Å². The van der Waals surface area contributed by atoms with Gasteiger partial charge in [-0.3, -0.25) is 4.79 Å². The third kappa shape index (κ3) is 2.19. The number of fused-ring (bicyclic) bond motifs is 4. The number of aromatic amines is 1. The van der Waals surface area contributed by atoms with Crippen LogP contribution in [0.15, 0.2) is 30.5 Å². The predicted molar refractivity (Wildman–Crippen MR) is 91.2 cm³/mol. The van der Waals surface area contributed by atoms with Gasteiger partial charge in [0, 0.05) is 24.0 Å². The Kier molecular flexibility index (Phi) is 3.18. The molecule has 7 heteroatoms. The van der Waals surface area contributed by atoms with Gasteiger partial charge in [0.2, 0.25) is 0 Å². The summed E-state index contributed by atoms with van der Waals surface area (Å²) in [4.78, 5) is 18.3. The van der Waals surface area contributed by atoms with Crippen LogP contribution in [0.5, 0.6) is 0 Å². The summed E-state index contributed by atoms with van der Waals surface area (Å²) in [5.41, 5.74) is 3.65. The van der Waals surface area contributed by atoms with Gasteiger partial charge in [0.25, 0.3) is 5.91 Å². The number of piperidine rings is 1. The number of rotatable bonds is 1. The summed E-state index contributed by atoms with van der Waals surface area (Å²) in [5, 5.41) is 9.29. The molecule has 0 aliphatic carbocycles. The Hall–Kier alpha value is -2.67. The molecule has 128 valence electrons. The molecular formula is C18H19N5O2. The summed E-state index contributed by atoms with van der Waals surface area (Å²) in [5.74, 6) is 0.0411. The summed E-state index contributed by atoms with van der Waals surface area (Å²) in [7, 11) is 0. The SMILES string of the molecule is Cc1c(C(=O)N2CC[C@H]3OCc4cnnn4[C@H]3C2)[nH]c2ccccc12. The highest BCUT2D eigenvalue weighted by atomic mass is 16.5. The quantitative estimate of drug-likeness (QED) is 0.737. The van der Waals surface area contributed by atoms with E-state index >= 15 is 0 Å². The van der Waals surface area contributed by atoms with Crippen molar-refractivity contribution in [1.82, 2.24) is 24.9 Å². The molecule has 1 aromatic carbocycles. The number of amides is 1. The maximum atomic E-state index is 13.1. The topological polar surface area (TPSA) is 76.0 Å². The summed E-state index contributed by atoms with van der Waals surface area (Å²) in [6, 6.07) is 8.05. The van der Waals surface area contributed by atoms with Crippen LogP contribution in [0.4, 0.5) is 0 Å². The Labute approximate surface area is 144 Å². The lowest BCUT2D eigenvalue weighted by Gasteiger charge is -2.40. The van der Waals surface area contributed by atoms with Crippen molar-refractivity contribution in [2.24, 2.45) is 0 Å². The van der Waals surface area contributed by atoms with Crippen LogP contribution >= 0.6 is 0 Å². The second-order valence-electron chi connectivity index (χ2n) is 6.80. The number of para-hydroxylation sites is 1. The first-order valence-electron chi connectivity index (χ1n) is 8.59. The van der Waals surface area contributed by atoms with Crippen LogP contribution < -0.4 is 0 Å². The third-order valence-electron chi connectivity index (χ3n) is 5.40. The first-order valence-corrected chi connectivity index (χ1v) is 8.59. The average molecular weight is 337 g/mol. The van der Waals surface area contributed by atoms with E-state index in [0.717, 1.165) is 28.6 Å². The van der Waals surface area contributed by atoms with Gasteiger partial charge in [0.05, 0.1) is 30.6 Å². The van der Waals surface area contributed by atoms with E-state index in [0.29, 0.717) is 25.4 Å². The van der Waals surface area contributed by atoms with Crippen LogP contribution in [0, 0.1) is 6.92 Å². The fourth-order valence-corrected chi connectivity index (χ4v) is 4.02. The van der Waals surface area contributed by atoms with Crippen molar-refractivity contribution in [2.75, 3.05) is 13.1 Å². The van der Waals surface area contributed by atoms with Crippen molar-refractivity contribution < 1.29 is 9.53 Å². The fourth-order valence-electron chi connectivity index (χ4n) is 4.02. The number of ether oxygens (including phenoxy) is 1. The highest BCUT2D eigenvalue weighted by Gasteiger charge is 2.38. The number of H-pyrrole nitrogens is 1. The zero-order chi connectivity index (χ0) is 17.0. The summed E-state index contributed by atoms with van der Waals surface area (Å²) >= 11 is 0. The van der Waals surface area contributed by atoms with Crippen LogP contribution in [-0.4, -0.2) is 50.0 Å². The molecule has 0 saturated carbocycles. The van der Waals surface area contributed by atoms with Crippen LogP contribution in [0.25, 0.3) is 10.9 Å². The first-order chi connectivity index (χ1) is 12.2. The molecule has 25 heavy (non-hydrogen) atoms. The molecule has 2 aliphatic heterocycles. The van der Waals surface area contributed by atoms with E-state index in [9.17, 15) is 4.79 Å². The minimum Gasteiger partial charge on any atom is -0.370 e. The van der Waals surface area contributed by atoms with Crippen LogP contribution in [0.1, 0.15) is 34.2 Å². The Morgan fingerprint density at radius 2 is 2.24 bits per heavy atom. The van der Waals surface area contributed by atoms with Gasteiger partial charge in [-0.05, 0) is 25.0 Å². The van der Waals surface area contributed by atoms with Gasteiger partial charge >= 0.3 is 0 Å². The Morgan fingerprint density at radius 1 is 1.36 bits per heavy atom. The van der Waals surface area contributed by atoms with Crippen molar-refractivity contribution >= 4 is 16.8 Å². The lowest BCUT2D eigenvalue weighted by atomic mass is 10.00. The van der Waals surface area contributed by atoms with Crippen LogP contribution in [0.3, 0.4) is 0 Å². The number of likely N-dealkylation sites (tertiary alicyclic amines) is 1. The van der Waals surface area contributed by atoms with E-state index in [2.05, 4.69) is 15.3 Å². The molecule has 1 amide bonds. The van der Waals surface area contributed by atoms with Crippen molar-refractivity contribution in [3.8, 4) is 0 Å². The average Bonchev–Trinajstić information content (AvgIpc) is 3.26. The van der Waals surface area contributed by atoms with E-state index in [-0.39, 0.29) is 18.1 Å². The molecule has 3 aromatic rings. The molecule has 1 N–H and O–H groups in total. The molecular weight excluding hydrogens is 318 g/mol. The number of aryl methyl sites for hydroxylation is 1. The molecule has 2 aliphatic rings. The van der Waals surface area contributed by atoms with Gasteiger partial charge in [-0.2, -0.15) is 0 Å². The standard InChI is InChI=1S/C18H19N5O2/c1-11-13-4-2-3-5-14(13)20-17(11)18(24)22-7-6-16-15(9-22)23-12(10-25-16)8-19-21-23/h2-5,8,15-16,20H,6-7,9-10H2,1H3/t15-,16+/m0/s1. The summed E-state index contributed by atoms with van der Waals surface area (Å²) < 4.78 is 7.85. The smallest absolute Gasteiger partial charge is 0.270 e. The van der Waals surface area contributed by atoms with Crippen molar-refractivity contribution in [2.45, 2.75) is 32.1 Å². The second kappa shape index (κ2) is 5.42. The molecule has 7 nitrogen and oxygen atoms in total. The van der Waals surface area contributed by atoms with Gasteiger partial charge in [0.1, 0.15) is 5.69 Å². The minimum atomic E-state index is 0.0358. The lowest BCUT2D eigenvalue weighted by molar-refractivity contribution is -0.0605. The molecule has 0 unspecified atom stereocenters. The molecule has 2 aromatic heterocycles. The number of hydrogen-bond acceptors (Lipinski definition) is 4. The van der Waals surface area contributed by atoms with Gasteiger partial charge in [-0.25, -0.2) is 4.68 Å². The number of carbonyl (C=O) groups is 1. The molecule has 0 bridgehead atoms. The van der Waals surface area contributed by atoms with Gasteiger partial charge < -0.3 is 14.6 Å². The number of carbonyl (C=O) groups excluding carboxylic acids is 1. The maximum absolute atomic E-state index is 13.1. The van der Waals surface area contributed by atoms with Crippen molar-refractivity contribution in [1.29, 1.82) is 0 Å². The number of hydrogen-bond donors (Lipinski definition) is 1. The normalized spacial score (nSPS) is 22.7. The third-order valence-corrected chi connectivity index (χ3v) is 5.40. The molecule has 4 heterocycles. The molecule has 0 radical (unpaired) electrons. The lowest BCUT2D eigenvalue weighted by Crippen LogP contribution is -2.50. The number of nitrogens with one attached hydrogen (secondary N) is 1. The largest absolute Gasteiger partial charge is 0.370 e. The van der Waals surface area contributed by atoms with Crippen molar-refractivity contribution in [3.63, 3.8) is 0 Å². The Morgan fingerprint density at radius 3 is 3.12 bits per heavy atom. The summed E-state index contributed by atoms with van der Waals surface area (Å²) in [6.45, 7) is 3.83. The molecule has 1 saturated heterocycles. The van der Waals surface area contributed by atoms with Gasteiger partial charge in [-0.15, -0.1) is 5.10 Å². The Bertz CT molecular complexity index is 959. The van der Waals surface area contributed by atoms with Crippen molar-refractivity contribution in [3.05, 3.63) is 47.4 Å². The molecule has 0 spiro atoms. The van der Waals surface area contributed by atoms with E-state index in [1.54, 1.807) is 6.20 Å². The zero-order valence-corrected chi connectivity index (χ0v) is 14.0. The molecule has 1 fully saturated rings. The van der Waals surface area contributed by atoms with Gasteiger partial charge in [-0.1, -0.05) is 23.4 Å². The predicted octanol–water partition coefficient (Wildman–Crippen LogP) is 2.05. The van der Waals surface area contributed by atoms with E-state index in [1.807, 2.05) is 40.8 Å². The fraction of sp³-hybridized carbons (Fsp3) is 0.389. The second-order valence-corrected chi connectivity index (χ2v) is 6.80. The first kappa shape index (κ1) is 14.7. The number of aromatic nitrogens is 4.